The molecule has 128 valence electrons. The zero-order valence-electron chi connectivity index (χ0n) is 13.6. The minimum absolute atomic E-state index is 0.0701. The van der Waals surface area contributed by atoms with E-state index in [9.17, 15) is 4.79 Å². The van der Waals surface area contributed by atoms with Gasteiger partial charge < -0.3 is 20.1 Å². The monoisotopic (exact) mass is 402 g/mol. The molecule has 1 saturated heterocycles. The molecule has 2 fully saturated rings. The highest BCUT2D eigenvalue weighted by Crippen LogP contribution is 2.39. The number of rotatable bonds is 4. The van der Waals surface area contributed by atoms with E-state index in [1.54, 1.807) is 11.3 Å². The van der Waals surface area contributed by atoms with Crippen molar-refractivity contribution in [3.8, 4) is 0 Å². The van der Waals surface area contributed by atoms with Crippen molar-refractivity contribution < 1.29 is 14.3 Å². The van der Waals surface area contributed by atoms with E-state index in [0.29, 0.717) is 5.92 Å². The molecule has 2 aliphatic rings. The number of hydrogen-bond donors (Lipinski definition) is 2. The fraction of sp³-hybridized carbons (Fsp3) is 0.688. The number of nitrogens with one attached hydrogen (secondary N) is 2. The van der Waals surface area contributed by atoms with E-state index >= 15 is 0 Å². The van der Waals surface area contributed by atoms with Gasteiger partial charge in [-0.25, -0.2) is 4.79 Å². The van der Waals surface area contributed by atoms with Crippen LogP contribution < -0.4 is 10.6 Å². The topological polar surface area (TPSA) is 59.6 Å². The summed E-state index contributed by atoms with van der Waals surface area (Å²) in [5.74, 6) is 0.384. The van der Waals surface area contributed by atoms with Crippen molar-refractivity contribution in [1.29, 1.82) is 0 Å². The normalized spacial score (nSPS) is 29.7. The number of hydrogen-bond acceptors (Lipinski definition) is 5. The molecule has 23 heavy (non-hydrogen) atoms. The molecule has 5 nitrogen and oxygen atoms in total. The summed E-state index contributed by atoms with van der Waals surface area (Å²) in [5.41, 5.74) is -0.481. The van der Waals surface area contributed by atoms with Gasteiger partial charge in [-0.15, -0.1) is 11.3 Å². The summed E-state index contributed by atoms with van der Waals surface area (Å²) in [7, 11) is 0. The Kier molecular flexibility index (Phi) is 5.01. The van der Waals surface area contributed by atoms with E-state index in [1.807, 2.05) is 20.8 Å². The van der Waals surface area contributed by atoms with Crippen LogP contribution in [0.1, 0.15) is 32.1 Å². The number of carbonyl (C=O) groups is 1. The van der Waals surface area contributed by atoms with E-state index in [-0.39, 0.29) is 24.3 Å². The summed E-state index contributed by atoms with van der Waals surface area (Å²) >= 11 is 5.18. The summed E-state index contributed by atoms with van der Waals surface area (Å²) in [4.78, 5) is 13.3. The van der Waals surface area contributed by atoms with Gasteiger partial charge in [0.05, 0.1) is 18.2 Å². The highest BCUT2D eigenvalue weighted by Gasteiger charge is 2.54. The molecule has 2 heterocycles. The molecule has 0 bridgehead atoms. The molecule has 1 aliphatic carbocycles. The van der Waals surface area contributed by atoms with Crippen LogP contribution in [0.3, 0.4) is 0 Å². The maximum absolute atomic E-state index is 12.1. The molecular weight excluding hydrogens is 380 g/mol. The molecule has 0 spiro atoms. The molecule has 1 aromatic rings. The van der Waals surface area contributed by atoms with Crippen LogP contribution in [0.15, 0.2) is 15.9 Å². The Labute approximate surface area is 149 Å². The van der Waals surface area contributed by atoms with Gasteiger partial charge in [-0.2, -0.15) is 0 Å². The summed E-state index contributed by atoms with van der Waals surface area (Å²) in [6, 6.07) is 2.32. The second-order valence-corrected chi connectivity index (χ2v) is 9.01. The van der Waals surface area contributed by atoms with E-state index in [4.69, 9.17) is 9.47 Å². The Hall–Kier alpha value is -0.630. The number of ether oxygens (including phenoxy) is 2. The maximum atomic E-state index is 12.1. The van der Waals surface area contributed by atoms with Crippen LogP contribution in [0.5, 0.6) is 0 Å². The van der Waals surface area contributed by atoms with E-state index in [2.05, 4.69) is 38.0 Å². The third-order valence-corrected chi connectivity index (χ3v) is 5.90. The number of alkyl carbamates (subject to hydrolysis) is 1. The van der Waals surface area contributed by atoms with Crippen LogP contribution in [0.25, 0.3) is 0 Å². The lowest BCUT2D eigenvalue weighted by atomic mass is 9.71. The van der Waals surface area contributed by atoms with Gasteiger partial charge in [0.2, 0.25) is 0 Å². The molecule has 1 amide bonds. The molecule has 0 aromatic carbocycles. The number of carbonyl (C=O) groups excluding carboxylic acids is 1. The molecule has 4 atom stereocenters. The first kappa shape index (κ1) is 17.2. The molecule has 7 heteroatoms. The van der Waals surface area contributed by atoms with Crippen molar-refractivity contribution in [2.45, 2.75) is 57.5 Å². The number of fused-ring (bicyclic) bond motifs is 1. The van der Waals surface area contributed by atoms with Gasteiger partial charge >= 0.3 is 6.09 Å². The predicted octanol–water partition coefficient (Wildman–Crippen LogP) is 3.28. The Bertz CT molecular complexity index is 572. The maximum Gasteiger partial charge on any atom is 0.407 e. The smallest absolute Gasteiger partial charge is 0.407 e. The van der Waals surface area contributed by atoms with Crippen LogP contribution in [0.4, 0.5) is 4.79 Å². The lowest BCUT2D eigenvalue weighted by Crippen LogP contribution is -2.70. The van der Waals surface area contributed by atoms with Gasteiger partial charge in [0.15, 0.2) is 0 Å². The van der Waals surface area contributed by atoms with E-state index < -0.39 is 5.60 Å². The Balaban J connectivity index is 1.57. The highest BCUT2D eigenvalue weighted by molar-refractivity contribution is 9.10. The first-order valence-electron chi connectivity index (χ1n) is 7.91. The molecule has 0 radical (unpaired) electrons. The molecule has 3 rings (SSSR count). The van der Waals surface area contributed by atoms with Crippen LogP contribution in [0, 0.1) is 5.92 Å². The first-order chi connectivity index (χ1) is 10.8. The van der Waals surface area contributed by atoms with Crippen molar-refractivity contribution in [3.63, 3.8) is 0 Å². The Morgan fingerprint density at radius 2 is 2.26 bits per heavy atom. The van der Waals surface area contributed by atoms with Gasteiger partial charge in [-0.05, 0) is 49.2 Å². The standard InChI is InChI=1S/C16H23BrN2O3S/c1-16(2,3)22-15(20)19-12-11-4-5-21-14(11)13(12)18-7-10-6-9(17)8-23-10/h6,8,11-14,18H,4-5,7H2,1-3H3,(H,19,20). The Morgan fingerprint density at radius 3 is 2.91 bits per heavy atom. The van der Waals surface area contributed by atoms with Gasteiger partial charge in [0.1, 0.15) is 5.60 Å². The van der Waals surface area contributed by atoms with Crippen molar-refractivity contribution in [2.24, 2.45) is 5.92 Å². The lowest BCUT2D eigenvalue weighted by Gasteiger charge is -2.48. The molecule has 2 N–H and O–H groups in total. The van der Waals surface area contributed by atoms with Crippen LogP contribution in [-0.2, 0) is 16.0 Å². The van der Waals surface area contributed by atoms with Crippen molar-refractivity contribution in [3.05, 3.63) is 20.8 Å². The third-order valence-electron chi connectivity index (χ3n) is 4.20. The van der Waals surface area contributed by atoms with Gasteiger partial charge in [0, 0.05) is 33.8 Å². The van der Waals surface area contributed by atoms with Crippen molar-refractivity contribution >= 4 is 33.4 Å². The first-order valence-corrected chi connectivity index (χ1v) is 9.58. The summed E-state index contributed by atoms with van der Waals surface area (Å²) in [5, 5.41) is 8.63. The zero-order valence-corrected chi connectivity index (χ0v) is 16.0. The zero-order chi connectivity index (χ0) is 16.6. The van der Waals surface area contributed by atoms with E-state index in [1.165, 1.54) is 4.88 Å². The number of halogens is 1. The number of amides is 1. The summed E-state index contributed by atoms with van der Waals surface area (Å²) < 4.78 is 12.3. The second-order valence-electron chi connectivity index (χ2n) is 7.10. The summed E-state index contributed by atoms with van der Waals surface area (Å²) in [6.45, 7) is 7.17. The molecule has 1 aliphatic heterocycles. The third kappa shape index (κ3) is 4.07. The summed E-state index contributed by atoms with van der Waals surface area (Å²) in [6.07, 6.45) is 0.838. The average Bonchev–Trinajstić information content (AvgIpc) is 3.02. The van der Waals surface area contributed by atoms with E-state index in [0.717, 1.165) is 24.0 Å². The largest absolute Gasteiger partial charge is 0.444 e. The van der Waals surface area contributed by atoms with Gasteiger partial charge in [0.25, 0.3) is 0 Å². The van der Waals surface area contributed by atoms with Gasteiger partial charge in [-0.3, -0.25) is 0 Å². The second kappa shape index (κ2) is 6.70. The molecule has 1 aromatic heterocycles. The lowest BCUT2D eigenvalue weighted by molar-refractivity contribution is -0.0343. The predicted molar refractivity (Wildman–Crippen MR) is 93.7 cm³/mol. The minimum atomic E-state index is -0.481. The quantitative estimate of drug-likeness (QED) is 0.810. The average molecular weight is 403 g/mol. The van der Waals surface area contributed by atoms with Gasteiger partial charge in [-0.1, -0.05) is 0 Å². The van der Waals surface area contributed by atoms with Crippen LogP contribution in [-0.4, -0.2) is 36.5 Å². The van der Waals surface area contributed by atoms with Crippen molar-refractivity contribution in [1.82, 2.24) is 10.6 Å². The van der Waals surface area contributed by atoms with Crippen LogP contribution in [0.2, 0.25) is 0 Å². The molecular formula is C16H23BrN2O3S. The SMILES string of the molecule is CC(C)(C)OC(=O)NC1C2CCOC2C1NCc1cc(Br)cs1. The number of thiophene rings is 1. The Morgan fingerprint density at radius 1 is 1.48 bits per heavy atom. The highest BCUT2D eigenvalue weighted by atomic mass is 79.9. The fourth-order valence-electron chi connectivity index (χ4n) is 3.26. The fourth-order valence-corrected chi connectivity index (χ4v) is 4.66. The molecule has 4 unspecified atom stereocenters. The van der Waals surface area contributed by atoms with Crippen LogP contribution >= 0.6 is 27.3 Å². The van der Waals surface area contributed by atoms with Crippen molar-refractivity contribution in [2.75, 3.05) is 6.61 Å². The molecule has 1 saturated carbocycles. The minimum Gasteiger partial charge on any atom is -0.444 e.